The predicted octanol–water partition coefficient (Wildman–Crippen LogP) is 7.46. The first-order chi connectivity index (χ1) is 18.3. The van der Waals surface area contributed by atoms with E-state index in [2.05, 4.69) is 6.92 Å². The first-order valence-electron chi connectivity index (χ1n) is 13.0. The van der Waals surface area contributed by atoms with E-state index in [9.17, 15) is 25.2 Å². The van der Waals surface area contributed by atoms with Gasteiger partial charge in [-0.2, -0.15) is 0 Å². The second-order valence-electron chi connectivity index (χ2n) is 9.22. The first kappa shape index (κ1) is 28.4. The number of carbonyl (C=O) groups is 1. The Labute approximate surface area is 224 Å². The number of carbonyl (C=O) groups excluding carboxylic acids is 1. The van der Waals surface area contributed by atoms with Crippen LogP contribution in [0.2, 0.25) is 0 Å². The molecule has 0 saturated heterocycles. The van der Waals surface area contributed by atoms with Crippen LogP contribution in [0.1, 0.15) is 78.4 Å². The van der Waals surface area contributed by atoms with E-state index in [1.165, 1.54) is 50.6 Å². The molecule has 3 aromatic rings. The fourth-order valence-corrected chi connectivity index (χ4v) is 4.35. The van der Waals surface area contributed by atoms with Crippen molar-refractivity contribution in [3.05, 3.63) is 95.1 Å². The van der Waals surface area contributed by atoms with Gasteiger partial charge in [0.25, 0.3) is 0 Å². The largest absolute Gasteiger partial charge is 0.508 e. The van der Waals surface area contributed by atoms with E-state index in [-0.39, 0.29) is 39.9 Å². The summed E-state index contributed by atoms with van der Waals surface area (Å²) in [4.78, 5) is 13.2. The third kappa shape index (κ3) is 7.42. The Kier molecular flexibility index (Phi) is 10.4. The smallest absolute Gasteiger partial charge is 0.193 e. The topological polar surface area (TPSA) is 107 Å². The van der Waals surface area contributed by atoms with Gasteiger partial charge < -0.3 is 25.2 Å². The maximum Gasteiger partial charge on any atom is 0.193 e. The lowest BCUT2D eigenvalue weighted by Crippen LogP contribution is -2.06. The van der Waals surface area contributed by atoms with E-state index >= 15 is 0 Å². The van der Waals surface area contributed by atoms with Gasteiger partial charge in [-0.25, -0.2) is 0 Å². The lowest BCUT2D eigenvalue weighted by molar-refractivity contribution is 0.104. The molecule has 0 amide bonds. The lowest BCUT2D eigenvalue weighted by Gasteiger charge is -2.20. The van der Waals surface area contributed by atoms with Crippen LogP contribution in [0.3, 0.4) is 0 Å². The summed E-state index contributed by atoms with van der Waals surface area (Å²) in [5.41, 5.74) is 1.54. The number of hydrogen-bond acceptors (Lipinski definition) is 6. The standard InChI is InChI=1S/C32H36O6/c1-3-4-5-6-7-8-9-10-26(23-14-18-25(34)19-15-23)30-28(36)21-29(38-2)31(32(30)37)27(35)20-13-22-11-16-24(33)17-12-22/h9-21,26,33-34,36-37H,3-8H2,1-2H3/b10-9+,20-13+/t26-/m0/s1. The van der Waals surface area contributed by atoms with Gasteiger partial charge in [0.2, 0.25) is 0 Å². The van der Waals surface area contributed by atoms with E-state index in [4.69, 9.17) is 4.74 Å². The molecule has 0 aliphatic rings. The average Bonchev–Trinajstić information content (AvgIpc) is 2.91. The second kappa shape index (κ2) is 13.9. The number of benzene rings is 3. The second-order valence-corrected chi connectivity index (χ2v) is 9.22. The molecule has 0 unspecified atom stereocenters. The van der Waals surface area contributed by atoms with Crippen LogP contribution in [-0.4, -0.2) is 33.3 Å². The van der Waals surface area contributed by atoms with Gasteiger partial charge in [-0.1, -0.05) is 75.1 Å². The molecule has 0 heterocycles. The fraction of sp³-hybridized carbons (Fsp3) is 0.281. The number of aromatic hydroxyl groups is 4. The highest BCUT2D eigenvalue weighted by Crippen LogP contribution is 2.45. The van der Waals surface area contributed by atoms with E-state index in [0.717, 1.165) is 24.8 Å². The number of phenolic OH excluding ortho intramolecular Hbond substituents is 4. The number of hydrogen-bond donors (Lipinski definition) is 4. The van der Waals surface area contributed by atoms with Gasteiger partial charge in [0.1, 0.15) is 34.3 Å². The summed E-state index contributed by atoms with van der Waals surface area (Å²) in [5, 5.41) is 41.6. The van der Waals surface area contributed by atoms with Gasteiger partial charge in [0.15, 0.2) is 5.78 Å². The Morgan fingerprint density at radius 3 is 2.16 bits per heavy atom. The summed E-state index contributed by atoms with van der Waals surface area (Å²) in [7, 11) is 1.37. The van der Waals surface area contributed by atoms with Crippen molar-refractivity contribution >= 4 is 11.9 Å². The number of methoxy groups -OCH3 is 1. The third-order valence-electron chi connectivity index (χ3n) is 6.43. The highest BCUT2D eigenvalue weighted by molar-refractivity contribution is 6.11. The Hall–Kier alpha value is -4.19. The zero-order chi connectivity index (χ0) is 27.5. The summed E-state index contributed by atoms with van der Waals surface area (Å²) in [6, 6.07) is 14.2. The molecule has 200 valence electrons. The molecular weight excluding hydrogens is 480 g/mol. The van der Waals surface area contributed by atoms with Crippen LogP contribution in [0.4, 0.5) is 0 Å². The van der Waals surface area contributed by atoms with E-state index in [1.807, 2.05) is 12.2 Å². The molecular formula is C32H36O6. The molecule has 3 aromatic carbocycles. The zero-order valence-corrected chi connectivity index (χ0v) is 21.9. The number of allylic oxidation sites excluding steroid dienone is 3. The van der Waals surface area contributed by atoms with Crippen molar-refractivity contribution in [1.29, 1.82) is 0 Å². The number of ketones is 1. The molecule has 0 aliphatic carbocycles. The average molecular weight is 517 g/mol. The minimum atomic E-state index is -0.565. The molecule has 6 nitrogen and oxygen atoms in total. The van der Waals surface area contributed by atoms with Crippen molar-refractivity contribution in [2.75, 3.05) is 7.11 Å². The van der Waals surface area contributed by atoms with Crippen LogP contribution in [0, 0.1) is 0 Å². The van der Waals surface area contributed by atoms with Gasteiger partial charge >= 0.3 is 0 Å². The zero-order valence-electron chi connectivity index (χ0n) is 21.9. The molecule has 0 aliphatic heterocycles. The van der Waals surface area contributed by atoms with Gasteiger partial charge in [-0.05, 0) is 54.3 Å². The van der Waals surface area contributed by atoms with Crippen molar-refractivity contribution in [3.63, 3.8) is 0 Å². The summed E-state index contributed by atoms with van der Waals surface area (Å²) in [6.07, 6.45) is 13.4. The first-order valence-corrected chi connectivity index (χ1v) is 13.0. The van der Waals surface area contributed by atoms with Crippen molar-refractivity contribution in [2.45, 2.75) is 51.4 Å². The highest BCUT2D eigenvalue weighted by atomic mass is 16.5. The summed E-state index contributed by atoms with van der Waals surface area (Å²) >= 11 is 0. The summed E-state index contributed by atoms with van der Waals surface area (Å²) < 4.78 is 5.34. The van der Waals surface area contributed by atoms with Crippen LogP contribution in [0.15, 0.2) is 72.8 Å². The number of rotatable bonds is 13. The molecule has 0 spiro atoms. The Bertz CT molecular complexity index is 1260. The molecule has 3 rings (SSSR count). The lowest BCUT2D eigenvalue weighted by atomic mass is 9.87. The highest BCUT2D eigenvalue weighted by Gasteiger charge is 2.27. The Balaban J connectivity index is 2.00. The Morgan fingerprint density at radius 2 is 1.53 bits per heavy atom. The van der Waals surface area contributed by atoms with Crippen LogP contribution in [0.25, 0.3) is 6.08 Å². The van der Waals surface area contributed by atoms with E-state index < -0.39 is 11.7 Å². The fourth-order valence-electron chi connectivity index (χ4n) is 4.35. The van der Waals surface area contributed by atoms with Crippen LogP contribution in [0.5, 0.6) is 28.7 Å². The molecule has 0 bridgehead atoms. The molecule has 1 atom stereocenters. The molecule has 4 N–H and O–H groups in total. The maximum absolute atomic E-state index is 13.2. The van der Waals surface area contributed by atoms with Gasteiger partial charge in [-0.15, -0.1) is 0 Å². The van der Waals surface area contributed by atoms with E-state index in [1.54, 1.807) is 42.5 Å². The minimum Gasteiger partial charge on any atom is -0.508 e. The van der Waals surface area contributed by atoms with Gasteiger partial charge in [-0.3, -0.25) is 4.79 Å². The van der Waals surface area contributed by atoms with Crippen molar-refractivity contribution in [3.8, 4) is 28.7 Å². The monoisotopic (exact) mass is 516 g/mol. The molecule has 38 heavy (non-hydrogen) atoms. The summed E-state index contributed by atoms with van der Waals surface area (Å²) in [6.45, 7) is 2.18. The van der Waals surface area contributed by atoms with Gasteiger partial charge in [0, 0.05) is 17.5 Å². The quantitative estimate of drug-likeness (QED) is 0.0813. The third-order valence-corrected chi connectivity index (χ3v) is 6.43. The predicted molar refractivity (Wildman–Crippen MR) is 150 cm³/mol. The van der Waals surface area contributed by atoms with Crippen LogP contribution >= 0.6 is 0 Å². The van der Waals surface area contributed by atoms with Crippen LogP contribution in [-0.2, 0) is 0 Å². The normalized spacial score (nSPS) is 12.3. The summed E-state index contributed by atoms with van der Waals surface area (Å²) in [5.74, 6) is -1.37. The SMILES string of the molecule is CCCCCCC/C=C/[C@@H](c1ccc(O)cc1)c1c(O)cc(OC)c(C(=O)/C=C/c2ccc(O)cc2)c1O. The minimum absolute atomic E-state index is 0.0495. The maximum atomic E-state index is 13.2. The number of ether oxygens (including phenoxy) is 1. The van der Waals surface area contributed by atoms with Crippen LogP contribution < -0.4 is 4.74 Å². The van der Waals surface area contributed by atoms with E-state index in [0.29, 0.717) is 5.56 Å². The molecule has 0 radical (unpaired) electrons. The Morgan fingerprint density at radius 1 is 0.895 bits per heavy atom. The van der Waals surface area contributed by atoms with Crippen molar-refractivity contribution < 1.29 is 30.0 Å². The molecule has 6 heteroatoms. The van der Waals surface area contributed by atoms with Crippen molar-refractivity contribution in [2.24, 2.45) is 0 Å². The number of phenols is 4. The van der Waals surface area contributed by atoms with Crippen molar-refractivity contribution in [1.82, 2.24) is 0 Å². The molecule has 0 aromatic heterocycles. The molecule has 0 fully saturated rings. The molecule has 0 saturated carbocycles. The number of unbranched alkanes of at least 4 members (excludes halogenated alkanes) is 5. The van der Waals surface area contributed by atoms with Gasteiger partial charge in [0.05, 0.1) is 7.11 Å².